The first-order chi connectivity index (χ1) is 9.61. The number of rotatable bonds is 5. The number of benzene rings is 1. The summed E-state index contributed by atoms with van der Waals surface area (Å²) in [6, 6.07) is 5.81. The van der Waals surface area contributed by atoms with Crippen molar-refractivity contribution in [3.05, 3.63) is 23.8 Å². The average molecular weight is 278 g/mol. The molecular formula is C15H22N2O3. The highest BCUT2D eigenvalue weighted by Crippen LogP contribution is 2.34. The fraction of sp³-hybridized carbons (Fsp3) is 0.533. The van der Waals surface area contributed by atoms with Crippen LogP contribution in [0.2, 0.25) is 0 Å². The Labute approximate surface area is 119 Å². The number of nitrogens with one attached hydrogen (secondary N) is 2. The number of amides is 1. The van der Waals surface area contributed by atoms with Crippen LogP contribution in [0.15, 0.2) is 18.2 Å². The molecule has 2 rings (SSSR count). The molecule has 2 N–H and O–H groups in total. The number of likely N-dealkylation sites (N-methyl/N-ethyl adjacent to an activating group) is 1. The zero-order valence-electron chi connectivity index (χ0n) is 12.2. The van der Waals surface area contributed by atoms with Crippen molar-refractivity contribution >= 4 is 5.91 Å². The lowest BCUT2D eigenvalue weighted by molar-refractivity contribution is -0.121. The third-order valence-corrected chi connectivity index (χ3v) is 3.25. The van der Waals surface area contributed by atoms with Gasteiger partial charge in [-0.25, -0.2) is 0 Å². The van der Waals surface area contributed by atoms with Gasteiger partial charge in [0, 0.05) is 0 Å². The van der Waals surface area contributed by atoms with E-state index in [1.807, 2.05) is 18.2 Å². The van der Waals surface area contributed by atoms with Crippen molar-refractivity contribution in [3.63, 3.8) is 0 Å². The van der Waals surface area contributed by atoms with Gasteiger partial charge in [-0.2, -0.15) is 0 Å². The smallest absolute Gasteiger partial charge is 0.234 e. The Morgan fingerprint density at radius 3 is 2.60 bits per heavy atom. The summed E-state index contributed by atoms with van der Waals surface area (Å²) in [7, 11) is 1.76. The second-order valence-corrected chi connectivity index (χ2v) is 5.22. The molecule has 1 aromatic rings. The van der Waals surface area contributed by atoms with Crippen molar-refractivity contribution in [2.24, 2.45) is 5.92 Å². The van der Waals surface area contributed by atoms with Crippen LogP contribution in [-0.4, -0.2) is 32.7 Å². The monoisotopic (exact) mass is 278 g/mol. The van der Waals surface area contributed by atoms with Crippen LogP contribution in [-0.2, 0) is 4.79 Å². The maximum Gasteiger partial charge on any atom is 0.234 e. The number of ether oxygens (including phenoxy) is 2. The van der Waals surface area contributed by atoms with E-state index in [2.05, 4.69) is 24.5 Å². The zero-order valence-corrected chi connectivity index (χ0v) is 12.2. The lowest BCUT2D eigenvalue weighted by Crippen LogP contribution is -2.37. The molecule has 0 bridgehead atoms. The molecule has 5 heteroatoms. The molecule has 1 aliphatic rings. The van der Waals surface area contributed by atoms with Crippen LogP contribution >= 0.6 is 0 Å². The standard InChI is InChI=1S/C15H22N2O3/c1-10(2)15(17-14(18)9-16-3)11-4-5-12-13(8-11)20-7-6-19-12/h4-5,8,10,15-16H,6-7,9H2,1-3H3,(H,17,18). The van der Waals surface area contributed by atoms with Crippen LogP contribution in [0.4, 0.5) is 0 Å². The van der Waals surface area contributed by atoms with Crippen molar-refractivity contribution in [2.45, 2.75) is 19.9 Å². The van der Waals surface area contributed by atoms with E-state index in [1.165, 1.54) is 0 Å². The Morgan fingerprint density at radius 1 is 1.25 bits per heavy atom. The molecular weight excluding hydrogens is 256 g/mol. The fourth-order valence-electron chi connectivity index (χ4n) is 2.27. The van der Waals surface area contributed by atoms with E-state index in [0.29, 0.717) is 25.7 Å². The molecule has 1 heterocycles. The van der Waals surface area contributed by atoms with Gasteiger partial charge < -0.3 is 20.1 Å². The fourth-order valence-corrected chi connectivity index (χ4v) is 2.27. The summed E-state index contributed by atoms with van der Waals surface area (Å²) in [6.45, 7) is 5.63. The Bertz CT molecular complexity index is 474. The van der Waals surface area contributed by atoms with E-state index in [9.17, 15) is 4.79 Å². The van der Waals surface area contributed by atoms with Gasteiger partial charge >= 0.3 is 0 Å². The molecule has 0 saturated carbocycles. The molecule has 0 aliphatic carbocycles. The minimum atomic E-state index is -0.0355. The SMILES string of the molecule is CNCC(=O)NC(c1ccc2c(c1)OCCO2)C(C)C. The average Bonchev–Trinajstić information content (AvgIpc) is 2.44. The number of carbonyl (C=O) groups is 1. The first-order valence-corrected chi connectivity index (χ1v) is 6.95. The van der Waals surface area contributed by atoms with Crippen LogP contribution in [0.25, 0.3) is 0 Å². The Hall–Kier alpha value is -1.75. The lowest BCUT2D eigenvalue weighted by Gasteiger charge is -2.25. The highest BCUT2D eigenvalue weighted by Gasteiger charge is 2.21. The van der Waals surface area contributed by atoms with Crippen molar-refractivity contribution < 1.29 is 14.3 Å². The number of fused-ring (bicyclic) bond motifs is 1. The molecule has 0 fully saturated rings. The van der Waals surface area contributed by atoms with Gasteiger partial charge in [-0.3, -0.25) is 4.79 Å². The van der Waals surface area contributed by atoms with Crippen LogP contribution in [0.5, 0.6) is 11.5 Å². The van der Waals surface area contributed by atoms with E-state index < -0.39 is 0 Å². The third-order valence-electron chi connectivity index (χ3n) is 3.25. The second-order valence-electron chi connectivity index (χ2n) is 5.22. The summed E-state index contributed by atoms with van der Waals surface area (Å²) in [5.74, 6) is 1.80. The van der Waals surface area contributed by atoms with Gasteiger partial charge in [-0.1, -0.05) is 19.9 Å². The molecule has 1 aliphatic heterocycles. The van der Waals surface area contributed by atoms with Gasteiger partial charge in [0.05, 0.1) is 12.6 Å². The molecule has 110 valence electrons. The summed E-state index contributed by atoms with van der Waals surface area (Å²) in [5.41, 5.74) is 1.04. The van der Waals surface area contributed by atoms with Crippen molar-refractivity contribution in [1.82, 2.24) is 10.6 Å². The maximum absolute atomic E-state index is 11.8. The van der Waals surface area contributed by atoms with Gasteiger partial charge in [-0.05, 0) is 30.7 Å². The molecule has 0 saturated heterocycles. The maximum atomic E-state index is 11.8. The normalized spacial score (nSPS) is 15.0. The first kappa shape index (κ1) is 14.7. The minimum absolute atomic E-state index is 0.0129. The highest BCUT2D eigenvalue weighted by atomic mass is 16.6. The van der Waals surface area contributed by atoms with Gasteiger partial charge in [0.2, 0.25) is 5.91 Å². The first-order valence-electron chi connectivity index (χ1n) is 6.95. The summed E-state index contributed by atoms with van der Waals surface area (Å²) in [6.07, 6.45) is 0. The molecule has 1 unspecified atom stereocenters. The van der Waals surface area contributed by atoms with Gasteiger partial charge in [0.1, 0.15) is 13.2 Å². The van der Waals surface area contributed by atoms with Gasteiger partial charge in [-0.15, -0.1) is 0 Å². The van der Waals surface area contributed by atoms with Crippen molar-refractivity contribution in [3.8, 4) is 11.5 Å². The van der Waals surface area contributed by atoms with E-state index in [4.69, 9.17) is 9.47 Å². The van der Waals surface area contributed by atoms with Crippen LogP contribution in [0.1, 0.15) is 25.5 Å². The van der Waals surface area contributed by atoms with Crippen LogP contribution in [0.3, 0.4) is 0 Å². The number of hydrogen-bond donors (Lipinski definition) is 2. The molecule has 20 heavy (non-hydrogen) atoms. The molecule has 1 atom stereocenters. The topological polar surface area (TPSA) is 59.6 Å². The predicted molar refractivity (Wildman–Crippen MR) is 77.1 cm³/mol. The van der Waals surface area contributed by atoms with Crippen LogP contribution in [0, 0.1) is 5.92 Å². The molecule has 1 aromatic carbocycles. The van der Waals surface area contributed by atoms with Crippen molar-refractivity contribution in [2.75, 3.05) is 26.8 Å². The summed E-state index contributed by atoms with van der Waals surface area (Å²) in [4.78, 5) is 11.8. The lowest BCUT2D eigenvalue weighted by atomic mass is 9.95. The molecule has 1 amide bonds. The van der Waals surface area contributed by atoms with Crippen molar-refractivity contribution in [1.29, 1.82) is 0 Å². The largest absolute Gasteiger partial charge is 0.486 e. The van der Waals surface area contributed by atoms with E-state index in [-0.39, 0.29) is 11.9 Å². The predicted octanol–water partition coefficient (Wildman–Crippen LogP) is 1.49. The Balaban J connectivity index is 2.18. The summed E-state index contributed by atoms with van der Waals surface area (Å²) >= 11 is 0. The Kier molecular flexibility index (Phi) is 4.84. The molecule has 0 spiro atoms. The quantitative estimate of drug-likeness (QED) is 0.857. The Morgan fingerprint density at radius 2 is 1.95 bits per heavy atom. The number of carbonyl (C=O) groups excluding carboxylic acids is 1. The summed E-state index contributed by atoms with van der Waals surface area (Å²) < 4.78 is 11.1. The van der Waals surface area contributed by atoms with E-state index in [1.54, 1.807) is 7.05 Å². The zero-order chi connectivity index (χ0) is 14.5. The summed E-state index contributed by atoms with van der Waals surface area (Å²) in [5, 5.41) is 5.90. The third kappa shape index (κ3) is 3.42. The minimum Gasteiger partial charge on any atom is -0.486 e. The van der Waals surface area contributed by atoms with E-state index >= 15 is 0 Å². The van der Waals surface area contributed by atoms with Gasteiger partial charge in [0.15, 0.2) is 11.5 Å². The number of hydrogen-bond acceptors (Lipinski definition) is 4. The van der Waals surface area contributed by atoms with E-state index in [0.717, 1.165) is 17.1 Å². The molecule has 0 aromatic heterocycles. The van der Waals surface area contributed by atoms with Gasteiger partial charge in [0.25, 0.3) is 0 Å². The molecule has 0 radical (unpaired) electrons. The molecule has 5 nitrogen and oxygen atoms in total. The highest BCUT2D eigenvalue weighted by molar-refractivity contribution is 5.78. The second kappa shape index (κ2) is 6.61. The van der Waals surface area contributed by atoms with Crippen LogP contribution < -0.4 is 20.1 Å².